The predicted molar refractivity (Wildman–Crippen MR) is 87.3 cm³/mol. The van der Waals surface area contributed by atoms with Crippen molar-refractivity contribution in [3.8, 4) is 0 Å². The number of nitrogens with one attached hydrogen (secondary N) is 1. The summed E-state index contributed by atoms with van der Waals surface area (Å²) in [6.07, 6.45) is 4.89. The number of urea groups is 1. The summed E-state index contributed by atoms with van der Waals surface area (Å²) >= 11 is 0. The van der Waals surface area contributed by atoms with Gasteiger partial charge in [0.1, 0.15) is 0 Å². The molecule has 0 saturated carbocycles. The second-order valence-corrected chi connectivity index (χ2v) is 5.80. The first-order chi connectivity index (χ1) is 10.5. The van der Waals surface area contributed by atoms with Gasteiger partial charge in [-0.15, -0.1) is 0 Å². The van der Waals surface area contributed by atoms with E-state index < -0.39 is 0 Å². The number of piperidine rings is 1. The van der Waals surface area contributed by atoms with Gasteiger partial charge in [0.15, 0.2) is 0 Å². The van der Waals surface area contributed by atoms with Gasteiger partial charge >= 0.3 is 6.03 Å². The van der Waals surface area contributed by atoms with Crippen LogP contribution in [-0.4, -0.2) is 36.0 Å². The molecule has 1 aliphatic heterocycles. The molecule has 1 saturated heterocycles. The zero-order valence-electron chi connectivity index (χ0n) is 13.1. The van der Waals surface area contributed by atoms with E-state index in [0.717, 1.165) is 24.0 Å². The van der Waals surface area contributed by atoms with Crippen LogP contribution in [0.1, 0.15) is 29.5 Å². The van der Waals surface area contributed by atoms with Crippen molar-refractivity contribution in [3.05, 3.63) is 41.0 Å². The summed E-state index contributed by atoms with van der Waals surface area (Å²) in [4.78, 5) is 24.6. The molecular formula is C17H23N3O2. The molecule has 118 valence electrons. The van der Waals surface area contributed by atoms with Crippen LogP contribution in [-0.2, 0) is 4.79 Å². The van der Waals surface area contributed by atoms with Crippen LogP contribution < -0.4 is 11.1 Å². The Balaban J connectivity index is 1.85. The molecule has 0 aliphatic carbocycles. The third kappa shape index (κ3) is 4.35. The smallest absolute Gasteiger partial charge is 0.314 e. The van der Waals surface area contributed by atoms with Crippen LogP contribution in [0.25, 0.3) is 6.08 Å². The molecule has 0 radical (unpaired) electrons. The van der Waals surface area contributed by atoms with Gasteiger partial charge in [0.2, 0.25) is 5.91 Å². The molecule has 3 N–H and O–H groups in total. The maximum absolute atomic E-state index is 12.0. The molecule has 5 nitrogen and oxygen atoms in total. The van der Waals surface area contributed by atoms with Crippen molar-refractivity contribution in [2.75, 3.05) is 13.1 Å². The molecule has 1 aromatic rings. The number of hydrogen-bond acceptors (Lipinski definition) is 2. The van der Waals surface area contributed by atoms with E-state index in [1.807, 2.05) is 32.1 Å². The minimum Gasteiger partial charge on any atom is -0.351 e. The van der Waals surface area contributed by atoms with E-state index in [-0.39, 0.29) is 18.0 Å². The van der Waals surface area contributed by atoms with Crippen LogP contribution in [0.4, 0.5) is 4.79 Å². The van der Waals surface area contributed by atoms with Gasteiger partial charge in [0, 0.05) is 25.2 Å². The van der Waals surface area contributed by atoms with Crippen molar-refractivity contribution in [1.82, 2.24) is 10.2 Å². The lowest BCUT2D eigenvalue weighted by Gasteiger charge is -2.30. The Hall–Kier alpha value is -2.30. The molecule has 0 spiro atoms. The van der Waals surface area contributed by atoms with Crippen molar-refractivity contribution in [2.45, 2.75) is 32.7 Å². The normalized spacial score (nSPS) is 16.0. The molecule has 1 aromatic carbocycles. The second-order valence-electron chi connectivity index (χ2n) is 5.80. The zero-order valence-corrected chi connectivity index (χ0v) is 13.1. The third-order valence-corrected chi connectivity index (χ3v) is 3.99. The number of carbonyl (C=O) groups excluding carboxylic acids is 2. The van der Waals surface area contributed by atoms with Crippen LogP contribution in [0.15, 0.2) is 24.3 Å². The highest BCUT2D eigenvalue weighted by molar-refractivity contribution is 5.92. The molecule has 1 heterocycles. The molecule has 5 heteroatoms. The minimum atomic E-state index is -0.389. The molecular weight excluding hydrogens is 278 g/mol. The van der Waals surface area contributed by atoms with E-state index >= 15 is 0 Å². The average Bonchev–Trinajstić information content (AvgIpc) is 2.47. The summed E-state index contributed by atoms with van der Waals surface area (Å²) in [5, 5.41) is 2.97. The van der Waals surface area contributed by atoms with Crippen molar-refractivity contribution in [2.24, 2.45) is 5.73 Å². The number of hydrogen-bond donors (Lipinski definition) is 2. The highest BCUT2D eigenvalue weighted by Gasteiger charge is 2.21. The molecule has 0 unspecified atom stereocenters. The lowest BCUT2D eigenvalue weighted by molar-refractivity contribution is -0.117. The fourth-order valence-corrected chi connectivity index (χ4v) is 2.67. The summed E-state index contributed by atoms with van der Waals surface area (Å²) < 4.78 is 0. The van der Waals surface area contributed by atoms with Crippen molar-refractivity contribution in [1.29, 1.82) is 0 Å². The lowest BCUT2D eigenvalue weighted by Crippen LogP contribution is -2.47. The van der Waals surface area contributed by atoms with Gasteiger partial charge in [-0.3, -0.25) is 4.79 Å². The Morgan fingerprint density at radius 2 is 1.95 bits per heavy atom. The van der Waals surface area contributed by atoms with E-state index in [2.05, 4.69) is 11.4 Å². The first kappa shape index (κ1) is 16.1. The number of nitrogens with zero attached hydrogens (tertiary/aromatic N) is 1. The van der Waals surface area contributed by atoms with E-state index in [1.54, 1.807) is 11.0 Å². The fourth-order valence-electron chi connectivity index (χ4n) is 2.67. The highest BCUT2D eigenvalue weighted by atomic mass is 16.2. The first-order valence-electron chi connectivity index (χ1n) is 7.56. The fraction of sp³-hybridized carbons (Fsp3) is 0.412. The Bertz CT molecular complexity index is 588. The maximum atomic E-state index is 12.0. The number of likely N-dealkylation sites (tertiary alicyclic amines) is 1. The number of carbonyl (C=O) groups is 2. The monoisotopic (exact) mass is 301 g/mol. The SMILES string of the molecule is Cc1ccc(C=CC(=O)NC2CCN(C(N)=O)CC2)c(C)c1. The molecule has 22 heavy (non-hydrogen) atoms. The van der Waals surface area contributed by atoms with Crippen LogP contribution in [0.5, 0.6) is 0 Å². The van der Waals surface area contributed by atoms with Crippen LogP contribution >= 0.6 is 0 Å². The first-order valence-corrected chi connectivity index (χ1v) is 7.56. The van der Waals surface area contributed by atoms with Gasteiger partial charge in [-0.1, -0.05) is 23.8 Å². The van der Waals surface area contributed by atoms with Crippen molar-refractivity contribution >= 4 is 18.0 Å². The summed E-state index contributed by atoms with van der Waals surface area (Å²) in [6.45, 7) is 5.28. The Labute approximate surface area is 131 Å². The van der Waals surface area contributed by atoms with Gasteiger partial charge in [0.05, 0.1) is 0 Å². The number of rotatable bonds is 3. The molecule has 3 amide bonds. The number of aryl methyl sites for hydroxylation is 2. The Morgan fingerprint density at radius 3 is 2.55 bits per heavy atom. The second kappa shape index (κ2) is 7.11. The maximum Gasteiger partial charge on any atom is 0.314 e. The largest absolute Gasteiger partial charge is 0.351 e. The summed E-state index contributed by atoms with van der Waals surface area (Å²) in [7, 11) is 0. The lowest BCUT2D eigenvalue weighted by atomic mass is 10.0. The number of primary amides is 1. The quantitative estimate of drug-likeness (QED) is 0.838. The Morgan fingerprint density at radius 1 is 1.27 bits per heavy atom. The summed E-state index contributed by atoms with van der Waals surface area (Å²) in [6, 6.07) is 5.85. The van der Waals surface area contributed by atoms with Crippen LogP contribution in [0, 0.1) is 13.8 Å². The van der Waals surface area contributed by atoms with Gasteiger partial charge in [-0.05, 0) is 43.9 Å². The van der Waals surface area contributed by atoms with Gasteiger partial charge in [-0.2, -0.15) is 0 Å². The van der Waals surface area contributed by atoms with Gasteiger partial charge in [0.25, 0.3) is 0 Å². The third-order valence-electron chi connectivity index (χ3n) is 3.99. The van der Waals surface area contributed by atoms with Crippen molar-refractivity contribution < 1.29 is 9.59 Å². The van der Waals surface area contributed by atoms with E-state index in [1.165, 1.54) is 5.56 Å². The molecule has 1 aliphatic rings. The number of amides is 3. The minimum absolute atomic E-state index is 0.0995. The topological polar surface area (TPSA) is 75.4 Å². The number of nitrogens with two attached hydrogens (primary N) is 1. The molecule has 1 fully saturated rings. The summed E-state index contributed by atoms with van der Waals surface area (Å²) in [5.74, 6) is -0.0995. The highest BCUT2D eigenvalue weighted by Crippen LogP contribution is 2.13. The van der Waals surface area contributed by atoms with Gasteiger partial charge in [-0.25, -0.2) is 4.79 Å². The van der Waals surface area contributed by atoms with E-state index in [0.29, 0.717) is 13.1 Å². The standard InChI is InChI=1S/C17H23N3O2/c1-12-3-4-14(13(2)11-12)5-6-16(21)19-15-7-9-20(10-8-15)17(18)22/h3-6,11,15H,7-10H2,1-2H3,(H2,18,22)(H,19,21). The Kier molecular flexibility index (Phi) is 5.20. The molecule has 0 bridgehead atoms. The van der Waals surface area contributed by atoms with Crippen molar-refractivity contribution in [3.63, 3.8) is 0 Å². The summed E-state index contributed by atoms with van der Waals surface area (Å²) in [5.41, 5.74) is 8.65. The predicted octanol–water partition coefficient (Wildman–Crippen LogP) is 1.98. The zero-order chi connectivity index (χ0) is 16.1. The van der Waals surface area contributed by atoms with Crippen LogP contribution in [0.2, 0.25) is 0 Å². The molecule has 2 rings (SSSR count). The molecule has 0 atom stereocenters. The van der Waals surface area contributed by atoms with E-state index in [9.17, 15) is 9.59 Å². The number of benzene rings is 1. The van der Waals surface area contributed by atoms with Gasteiger partial charge < -0.3 is 16.0 Å². The van der Waals surface area contributed by atoms with Crippen LogP contribution in [0.3, 0.4) is 0 Å². The average molecular weight is 301 g/mol. The molecule has 0 aromatic heterocycles. The van der Waals surface area contributed by atoms with E-state index in [4.69, 9.17) is 5.73 Å².